The molecule has 52 heavy (non-hydrogen) atoms. The summed E-state index contributed by atoms with van der Waals surface area (Å²) in [6.45, 7) is 0.607. The molecule has 0 saturated heterocycles. The quantitative estimate of drug-likeness (QED) is 0.102. The molecule has 260 valence electrons. The molecule has 0 radical (unpaired) electrons. The summed E-state index contributed by atoms with van der Waals surface area (Å²) in [6, 6.07) is 48.3. The highest BCUT2D eigenvalue weighted by molar-refractivity contribution is 7.80. The Kier molecular flexibility index (Phi) is 10.5. The highest BCUT2D eigenvalue weighted by atomic mass is 32.1. The molecule has 0 atom stereocenters. The van der Waals surface area contributed by atoms with Crippen molar-refractivity contribution in [3.05, 3.63) is 145 Å². The van der Waals surface area contributed by atoms with E-state index in [2.05, 4.69) is 120 Å². The van der Waals surface area contributed by atoms with Crippen LogP contribution in [0.2, 0.25) is 0 Å². The zero-order chi connectivity index (χ0) is 36.0. The van der Waals surface area contributed by atoms with Gasteiger partial charge in [0.05, 0.1) is 28.4 Å². The van der Waals surface area contributed by atoms with E-state index in [-0.39, 0.29) is 0 Å². The van der Waals surface area contributed by atoms with Crippen LogP contribution in [-0.4, -0.2) is 33.6 Å². The van der Waals surface area contributed by atoms with Gasteiger partial charge < -0.3 is 29.6 Å². The number of nitrogens with one attached hydrogen (secondary N) is 2. The Balaban J connectivity index is 1.51. The summed E-state index contributed by atoms with van der Waals surface area (Å²) in [5.41, 5.74) is 4.22. The van der Waals surface area contributed by atoms with Crippen LogP contribution in [0.25, 0.3) is 32.7 Å². The lowest BCUT2D eigenvalue weighted by atomic mass is 9.92. The van der Waals surface area contributed by atoms with Crippen LogP contribution in [0.1, 0.15) is 5.56 Å². The fourth-order valence-corrected chi connectivity index (χ4v) is 9.31. The second kappa shape index (κ2) is 15.7. The molecule has 0 fully saturated rings. The van der Waals surface area contributed by atoms with Crippen LogP contribution in [0.3, 0.4) is 0 Å². The first-order valence-electron chi connectivity index (χ1n) is 16.9. The number of benzene rings is 7. The summed E-state index contributed by atoms with van der Waals surface area (Å²) in [6.07, 6.45) is 0. The predicted octanol–water partition coefficient (Wildman–Crippen LogP) is 8.94. The average molecular weight is 723 g/mol. The third-order valence-corrected chi connectivity index (χ3v) is 11.7. The summed E-state index contributed by atoms with van der Waals surface area (Å²) in [5.74, 6) is 2.84. The van der Waals surface area contributed by atoms with Gasteiger partial charge in [-0.05, 0) is 93.5 Å². The Hall–Kier alpha value is -5.62. The Morgan fingerprint density at radius 2 is 1.02 bits per heavy atom. The molecule has 7 aromatic rings. The second-order valence-corrected chi connectivity index (χ2v) is 14.8. The summed E-state index contributed by atoms with van der Waals surface area (Å²) < 4.78 is 23.3. The largest absolute Gasteiger partial charge is 0.497 e. The molecule has 0 unspecified atom stereocenters. The minimum absolute atomic E-state index is 0.541. The maximum Gasteiger partial charge on any atom is 0.171 e. The molecule has 7 rings (SSSR count). The highest BCUT2D eigenvalue weighted by Crippen LogP contribution is 2.46. The van der Waals surface area contributed by atoms with Crippen LogP contribution in [0.4, 0.5) is 5.69 Å². The predicted molar refractivity (Wildman–Crippen MR) is 221 cm³/mol. The summed E-state index contributed by atoms with van der Waals surface area (Å²) in [4.78, 5) is 0. The normalized spacial score (nSPS) is 11.0. The Morgan fingerprint density at radius 3 is 1.56 bits per heavy atom. The lowest BCUT2D eigenvalue weighted by Crippen LogP contribution is -2.28. The molecular weight excluding hydrogens is 684 g/mol. The summed E-state index contributed by atoms with van der Waals surface area (Å²) in [5, 5.41) is 15.3. The molecule has 0 aliphatic rings. The monoisotopic (exact) mass is 722 g/mol. The van der Waals surface area contributed by atoms with E-state index in [1.165, 1.54) is 0 Å². The van der Waals surface area contributed by atoms with E-state index >= 15 is 0 Å². The summed E-state index contributed by atoms with van der Waals surface area (Å²) >= 11 is 5.94. The zero-order valence-corrected chi connectivity index (χ0v) is 31.2. The molecule has 7 aromatic carbocycles. The third kappa shape index (κ3) is 7.24. The van der Waals surface area contributed by atoms with Gasteiger partial charge in [0, 0.05) is 35.5 Å². The van der Waals surface area contributed by atoms with Gasteiger partial charge in [-0.3, -0.25) is 0 Å². The number of hydrogen-bond acceptors (Lipinski definition) is 5. The van der Waals surface area contributed by atoms with Gasteiger partial charge in [0.25, 0.3) is 0 Å². The standard InChI is InChI=1S/C44H39N2O4PS/c1-47-32-22-33(48-2)25-36(24-32)51(37-26-34(49-3)23-35(27-37)50-4)41-21-19-31-15-9-11-17-39(31)43(41)42-38-16-10-8-14-30(38)18-20-40(42)46-44(52)45-28-29-12-6-5-7-13-29/h5-27H,28H2,1-4H3,(H2,45,46,52). The van der Waals surface area contributed by atoms with Gasteiger partial charge in [-0.15, -0.1) is 0 Å². The first-order valence-corrected chi connectivity index (χ1v) is 18.6. The van der Waals surface area contributed by atoms with Gasteiger partial charge in [0.15, 0.2) is 5.11 Å². The average Bonchev–Trinajstić information content (AvgIpc) is 3.20. The molecule has 0 saturated carbocycles. The maximum absolute atomic E-state index is 5.94. The van der Waals surface area contributed by atoms with E-state index in [0.29, 0.717) is 34.7 Å². The van der Waals surface area contributed by atoms with E-state index in [1.807, 2.05) is 30.3 Å². The molecule has 0 aliphatic carbocycles. The van der Waals surface area contributed by atoms with Gasteiger partial charge in [-0.2, -0.15) is 0 Å². The lowest BCUT2D eigenvalue weighted by molar-refractivity contribution is 0.395. The Bertz CT molecular complexity index is 2280. The molecule has 6 nitrogen and oxygen atoms in total. The van der Waals surface area contributed by atoms with Crippen molar-refractivity contribution in [2.75, 3.05) is 33.8 Å². The number of fused-ring (bicyclic) bond motifs is 2. The Labute approximate surface area is 311 Å². The smallest absolute Gasteiger partial charge is 0.171 e. The van der Waals surface area contributed by atoms with Crippen molar-refractivity contribution < 1.29 is 18.9 Å². The third-order valence-electron chi connectivity index (χ3n) is 9.06. The molecule has 0 spiro atoms. The van der Waals surface area contributed by atoms with Crippen LogP contribution in [0.5, 0.6) is 23.0 Å². The van der Waals surface area contributed by atoms with Crippen molar-refractivity contribution in [1.29, 1.82) is 0 Å². The van der Waals surface area contributed by atoms with Crippen LogP contribution in [0, 0.1) is 0 Å². The lowest BCUT2D eigenvalue weighted by Gasteiger charge is -2.27. The first-order chi connectivity index (χ1) is 25.5. The first kappa shape index (κ1) is 34.8. The van der Waals surface area contributed by atoms with Crippen LogP contribution >= 0.6 is 20.1 Å². The highest BCUT2D eigenvalue weighted by Gasteiger charge is 2.27. The molecule has 2 N–H and O–H groups in total. The number of methoxy groups -OCH3 is 4. The second-order valence-electron chi connectivity index (χ2n) is 12.2. The zero-order valence-electron chi connectivity index (χ0n) is 29.5. The molecule has 0 aliphatic heterocycles. The minimum Gasteiger partial charge on any atom is -0.497 e. The van der Waals surface area contributed by atoms with Crippen LogP contribution < -0.4 is 45.5 Å². The fourth-order valence-electron chi connectivity index (χ4n) is 6.57. The molecule has 0 aromatic heterocycles. The van der Waals surface area contributed by atoms with Gasteiger partial charge in [-0.25, -0.2) is 0 Å². The molecule has 0 amide bonds. The fraction of sp³-hybridized carbons (Fsp3) is 0.114. The van der Waals surface area contributed by atoms with E-state index in [9.17, 15) is 0 Å². The number of thiocarbonyl (C=S) groups is 1. The molecule has 8 heteroatoms. The van der Waals surface area contributed by atoms with Gasteiger partial charge in [-0.1, -0.05) is 97.1 Å². The molecule has 0 bridgehead atoms. The maximum atomic E-state index is 5.94. The van der Waals surface area contributed by atoms with Crippen molar-refractivity contribution in [3.63, 3.8) is 0 Å². The van der Waals surface area contributed by atoms with Crippen molar-refractivity contribution in [1.82, 2.24) is 5.32 Å². The number of ether oxygens (including phenoxy) is 4. The number of rotatable bonds is 11. The van der Waals surface area contributed by atoms with Gasteiger partial charge >= 0.3 is 0 Å². The minimum atomic E-state index is -1.27. The van der Waals surface area contributed by atoms with E-state index in [0.717, 1.165) is 59.8 Å². The van der Waals surface area contributed by atoms with Gasteiger partial charge in [0.1, 0.15) is 23.0 Å². The molecule has 0 heterocycles. The van der Waals surface area contributed by atoms with Gasteiger partial charge in [0.2, 0.25) is 0 Å². The Morgan fingerprint density at radius 1 is 0.538 bits per heavy atom. The SMILES string of the molecule is COc1cc(OC)cc(P(c2cc(OC)cc(OC)c2)c2ccc3ccccc3c2-c2c(NC(=S)NCc3ccccc3)ccc3ccccc23)c1. The van der Waals surface area contributed by atoms with Crippen molar-refractivity contribution in [2.24, 2.45) is 0 Å². The van der Waals surface area contributed by atoms with Crippen molar-refractivity contribution in [3.8, 4) is 34.1 Å². The van der Waals surface area contributed by atoms with Crippen LogP contribution in [-0.2, 0) is 6.54 Å². The summed E-state index contributed by atoms with van der Waals surface area (Å²) in [7, 11) is 5.45. The topological polar surface area (TPSA) is 61.0 Å². The number of hydrogen-bond donors (Lipinski definition) is 2. The number of anilines is 1. The van der Waals surface area contributed by atoms with Crippen molar-refractivity contribution >= 4 is 68.4 Å². The van der Waals surface area contributed by atoms with E-state index in [1.54, 1.807) is 28.4 Å². The van der Waals surface area contributed by atoms with E-state index in [4.69, 9.17) is 31.2 Å². The van der Waals surface area contributed by atoms with Crippen LogP contribution in [0.15, 0.2) is 140 Å². The van der Waals surface area contributed by atoms with Crippen molar-refractivity contribution in [2.45, 2.75) is 6.54 Å². The van der Waals surface area contributed by atoms with E-state index < -0.39 is 7.92 Å². The molecular formula is C44H39N2O4PS.